The van der Waals surface area contributed by atoms with Gasteiger partial charge in [-0.15, -0.1) is 0 Å². The highest BCUT2D eigenvalue weighted by molar-refractivity contribution is 6.19. The van der Waals surface area contributed by atoms with Crippen molar-refractivity contribution in [1.29, 1.82) is 10.5 Å². The minimum absolute atomic E-state index is 0.332. The molecule has 0 atom stereocenters. The number of rotatable bonds is 6. The van der Waals surface area contributed by atoms with Gasteiger partial charge in [-0.3, -0.25) is 0 Å². The summed E-state index contributed by atoms with van der Waals surface area (Å²) in [4.78, 5) is 10.4. The molecule has 9 aromatic carbocycles. The molecule has 13 aromatic rings. The van der Waals surface area contributed by atoms with Crippen molar-refractivity contribution >= 4 is 65.4 Å². The van der Waals surface area contributed by atoms with Gasteiger partial charge in [0.1, 0.15) is 17.7 Å². The number of aromatic nitrogens is 5. The van der Waals surface area contributed by atoms with Crippen molar-refractivity contribution in [2.75, 3.05) is 0 Å². The first-order chi connectivity index (χ1) is 33.2. The number of nitrogens with zero attached hydrogens (tertiary/aromatic N) is 7. The molecule has 0 N–H and O–H groups in total. The third-order valence-electron chi connectivity index (χ3n) is 13.1. The van der Waals surface area contributed by atoms with E-state index in [1.54, 1.807) is 0 Å². The average Bonchev–Trinajstić information content (AvgIpc) is 4.03. The van der Waals surface area contributed by atoms with Crippen LogP contribution >= 0.6 is 0 Å². The third-order valence-corrected chi connectivity index (χ3v) is 13.1. The van der Waals surface area contributed by atoms with Gasteiger partial charge in [0.2, 0.25) is 0 Å². The van der Waals surface area contributed by atoms with E-state index >= 15 is 0 Å². The molecular formula is C60H35N7. The van der Waals surface area contributed by atoms with E-state index in [9.17, 15) is 10.5 Å². The van der Waals surface area contributed by atoms with Gasteiger partial charge in [-0.05, 0) is 72.8 Å². The van der Waals surface area contributed by atoms with Crippen LogP contribution in [0.5, 0.6) is 0 Å². The summed E-state index contributed by atoms with van der Waals surface area (Å²) < 4.78 is 6.79. The zero-order chi connectivity index (χ0) is 44.6. The second kappa shape index (κ2) is 15.0. The molecule has 0 spiro atoms. The van der Waals surface area contributed by atoms with Gasteiger partial charge in [0.15, 0.2) is 5.82 Å². The average molecular weight is 854 g/mol. The van der Waals surface area contributed by atoms with Crippen molar-refractivity contribution in [2.45, 2.75) is 0 Å². The molecule has 0 aliphatic carbocycles. The summed E-state index contributed by atoms with van der Waals surface area (Å²) >= 11 is 0. The van der Waals surface area contributed by atoms with Gasteiger partial charge in [0.25, 0.3) is 0 Å². The molecule has 0 saturated carbocycles. The van der Waals surface area contributed by atoms with Crippen LogP contribution in [0.15, 0.2) is 212 Å². The van der Waals surface area contributed by atoms with Crippen molar-refractivity contribution in [3.8, 4) is 63.1 Å². The minimum atomic E-state index is 0.332. The Labute approximate surface area is 384 Å². The van der Waals surface area contributed by atoms with E-state index in [0.29, 0.717) is 33.9 Å². The van der Waals surface area contributed by atoms with Gasteiger partial charge in [-0.25, -0.2) is 9.97 Å². The molecule has 0 aliphatic rings. The zero-order valence-corrected chi connectivity index (χ0v) is 35.8. The zero-order valence-electron chi connectivity index (χ0n) is 35.8. The fraction of sp³-hybridized carbons (Fsp3) is 0. The van der Waals surface area contributed by atoms with Crippen LogP contribution in [-0.2, 0) is 0 Å². The Kier molecular flexibility index (Phi) is 8.51. The van der Waals surface area contributed by atoms with Crippen molar-refractivity contribution in [1.82, 2.24) is 23.7 Å². The molecule has 13 rings (SSSR count). The quantitative estimate of drug-likeness (QED) is 0.167. The number of nitriles is 2. The Morgan fingerprint density at radius 3 is 1.37 bits per heavy atom. The monoisotopic (exact) mass is 853 g/mol. The van der Waals surface area contributed by atoms with Gasteiger partial charge < -0.3 is 13.7 Å². The molecule has 0 unspecified atom stereocenters. The molecule has 7 nitrogen and oxygen atoms in total. The highest BCUT2D eigenvalue weighted by Gasteiger charge is 2.23. The van der Waals surface area contributed by atoms with Gasteiger partial charge in [0, 0.05) is 60.4 Å². The molecule has 0 amide bonds. The smallest absolute Gasteiger partial charge is 0.160 e. The summed E-state index contributed by atoms with van der Waals surface area (Å²) in [5.41, 5.74) is 13.1. The molecule has 4 heterocycles. The molecular weight excluding hydrogens is 819 g/mol. The van der Waals surface area contributed by atoms with Crippen molar-refractivity contribution in [3.05, 3.63) is 223 Å². The molecule has 4 aromatic heterocycles. The van der Waals surface area contributed by atoms with Gasteiger partial charge >= 0.3 is 0 Å². The van der Waals surface area contributed by atoms with E-state index in [-0.39, 0.29) is 0 Å². The standard InChI is InChI=1S/C60H35N7/c61-36-41-32-39(29-31-51(41)67-54-27-15-12-24-46(54)49-34-48-45-23-11-14-26-53(45)66(56(48)35-57(49)67)43-20-8-3-9-21-43)59-50(37-62)58(38-16-4-1-5-17-38)63-60(64-59)40-28-30-47-44-22-10-13-25-52(44)65(55(47)33-40)42-18-6-2-7-19-42/h1-35H. The van der Waals surface area contributed by atoms with E-state index in [1.807, 2.05) is 66.7 Å². The van der Waals surface area contributed by atoms with Crippen LogP contribution in [0, 0.1) is 22.7 Å². The first-order valence-electron chi connectivity index (χ1n) is 22.2. The second-order valence-electron chi connectivity index (χ2n) is 16.8. The van der Waals surface area contributed by atoms with Gasteiger partial charge in [-0.2, -0.15) is 10.5 Å². The number of hydrogen-bond donors (Lipinski definition) is 0. The summed E-state index contributed by atoms with van der Waals surface area (Å²) in [6.07, 6.45) is 0. The summed E-state index contributed by atoms with van der Waals surface area (Å²) in [6, 6.07) is 77.7. The fourth-order valence-electron chi connectivity index (χ4n) is 10.2. The SMILES string of the molecule is N#Cc1cc(-c2nc(-c3ccc4c5ccccc5n(-c5ccccc5)c4c3)nc(-c3ccccc3)c2C#N)ccc1-n1c2ccccc2c2cc3c4ccccc4n(-c4ccccc4)c3cc21. The predicted octanol–water partition coefficient (Wildman–Crippen LogP) is 14.5. The van der Waals surface area contributed by atoms with E-state index in [1.165, 1.54) is 5.39 Å². The van der Waals surface area contributed by atoms with Crippen LogP contribution in [-0.4, -0.2) is 23.7 Å². The lowest BCUT2D eigenvalue weighted by molar-refractivity contribution is 1.15. The van der Waals surface area contributed by atoms with Crippen molar-refractivity contribution < 1.29 is 0 Å². The molecule has 0 bridgehead atoms. The Bertz CT molecular complexity index is 4220. The predicted molar refractivity (Wildman–Crippen MR) is 271 cm³/mol. The van der Waals surface area contributed by atoms with Crippen LogP contribution in [0.1, 0.15) is 11.1 Å². The summed E-state index contributed by atoms with van der Waals surface area (Å²) in [7, 11) is 0. The summed E-state index contributed by atoms with van der Waals surface area (Å²) in [6.45, 7) is 0. The van der Waals surface area contributed by atoms with E-state index < -0.39 is 0 Å². The second-order valence-corrected chi connectivity index (χ2v) is 16.8. The molecule has 0 fully saturated rings. The Morgan fingerprint density at radius 2 is 0.791 bits per heavy atom. The lowest BCUT2D eigenvalue weighted by Crippen LogP contribution is -2.03. The van der Waals surface area contributed by atoms with Gasteiger partial charge in [0.05, 0.1) is 55.7 Å². The third kappa shape index (κ3) is 5.83. The van der Waals surface area contributed by atoms with Crippen LogP contribution in [0.25, 0.3) is 116 Å². The highest BCUT2D eigenvalue weighted by Crippen LogP contribution is 2.42. The number of fused-ring (bicyclic) bond motifs is 9. The van der Waals surface area contributed by atoms with Crippen LogP contribution in [0.2, 0.25) is 0 Å². The van der Waals surface area contributed by atoms with E-state index in [2.05, 4.69) is 171 Å². The van der Waals surface area contributed by atoms with E-state index in [4.69, 9.17) is 9.97 Å². The maximum absolute atomic E-state index is 11.1. The van der Waals surface area contributed by atoms with Crippen LogP contribution in [0.4, 0.5) is 0 Å². The summed E-state index contributed by atoms with van der Waals surface area (Å²) in [5, 5.41) is 28.8. The Hall–Kier alpha value is -9.56. The van der Waals surface area contributed by atoms with E-state index in [0.717, 1.165) is 88.2 Å². The number of benzene rings is 9. The molecule has 7 heteroatoms. The molecule has 0 aliphatic heterocycles. The number of para-hydroxylation sites is 5. The minimum Gasteiger partial charge on any atom is -0.309 e. The lowest BCUT2D eigenvalue weighted by Gasteiger charge is -2.15. The van der Waals surface area contributed by atoms with Crippen molar-refractivity contribution in [3.63, 3.8) is 0 Å². The fourth-order valence-corrected chi connectivity index (χ4v) is 10.2. The lowest BCUT2D eigenvalue weighted by atomic mass is 9.98. The maximum atomic E-state index is 11.1. The molecule has 310 valence electrons. The van der Waals surface area contributed by atoms with Crippen LogP contribution in [0.3, 0.4) is 0 Å². The highest BCUT2D eigenvalue weighted by atomic mass is 15.0. The summed E-state index contributed by atoms with van der Waals surface area (Å²) in [5.74, 6) is 0.474. The molecule has 67 heavy (non-hydrogen) atoms. The largest absolute Gasteiger partial charge is 0.309 e. The molecule has 0 radical (unpaired) electrons. The Morgan fingerprint density at radius 1 is 0.328 bits per heavy atom. The number of hydrogen-bond acceptors (Lipinski definition) is 4. The Balaban J connectivity index is 1.03. The van der Waals surface area contributed by atoms with Crippen molar-refractivity contribution in [2.24, 2.45) is 0 Å². The molecule has 0 saturated heterocycles. The first-order valence-corrected chi connectivity index (χ1v) is 22.2. The van der Waals surface area contributed by atoms with Crippen LogP contribution < -0.4 is 0 Å². The normalized spacial score (nSPS) is 11.6. The van der Waals surface area contributed by atoms with Gasteiger partial charge in [-0.1, -0.05) is 140 Å². The topological polar surface area (TPSA) is 88.2 Å². The first kappa shape index (κ1) is 37.9. The maximum Gasteiger partial charge on any atom is 0.160 e.